The third-order valence-corrected chi connectivity index (χ3v) is 9.05. The van der Waals surface area contributed by atoms with Gasteiger partial charge in [-0.05, 0) is 38.5 Å². The number of benzene rings is 1. The molecule has 1 aromatic rings. The molecule has 4 rings (SSSR count). The molecule has 0 amide bonds. The lowest BCUT2D eigenvalue weighted by atomic mass is 9.48. The first-order valence-electron chi connectivity index (χ1n) is 12.7. The molecule has 2 fully saturated rings. The first-order chi connectivity index (χ1) is 17.1. The average Bonchev–Trinajstić information content (AvgIpc) is 2.83. The molecule has 2 unspecified atom stereocenters. The molecule has 204 valence electrons. The quantitative estimate of drug-likeness (QED) is 0.276. The van der Waals surface area contributed by atoms with Crippen molar-refractivity contribution < 1.29 is 44.6 Å². The molecule has 5 N–H and O–H groups in total. The highest BCUT2D eigenvalue weighted by molar-refractivity contribution is 5.91. The summed E-state index contributed by atoms with van der Waals surface area (Å²) in [7, 11) is 0. The monoisotopic (exact) mass is 518 g/mol. The van der Waals surface area contributed by atoms with Gasteiger partial charge in [-0.2, -0.15) is 0 Å². The zero-order chi connectivity index (χ0) is 27.6. The molecule has 3 aliphatic rings. The topological polar surface area (TPSA) is 154 Å². The van der Waals surface area contributed by atoms with Gasteiger partial charge < -0.3 is 35.0 Å². The molecule has 0 aromatic heterocycles. The van der Waals surface area contributed by atoms with Gasteiger partial charge in [0.2, 0.25) is 0 Å². The number of esters is 1. The number of ketones is 1. The van der Waals surface area contributed by atoms with E-state index in [0.717, 1.165) is 0 Å². The Morgan fingerprint density at radius 1 is 1.11 bits per heavy atom. The van der Waals surface area contributed by atoms with Crippen LogP contribution < -0.4 is 0 Å². The fourth-order valence-electron chi connectivity index (χ4n) is 6.64. The fourth-order valence-corrected chi connectivity index (χ4v) is 6.64. The Morgan fingerprint density at radius 3 is 2.27 bits per heavy atom. The molecular weight excluding hydrogens is 480 g/mol. The van der Waals surface area contributed by atoms with Crippen LogP contribution in [0.2, 0.25) is 0 Å². The minimum atomic E-state index is -1.98. The lowest BCUT2D eigenvalue weighted by molar-refractivity contribution is -0.341. The standard InChI is InChI=1S/C28H38O9/c1-15-12-25(3,4)28(35,13-18(15)30)23(37-24(33)17-9-7-6-8-10-17)21-26(5,22(32)16(2)29)19(31)11-20-27(21,34)14-36-20/h6-10,12,16,18-21,23,29-31,34-35H,11,13-14H2,1-5H3/t16-,18+,19+,20-,21?,23?,26-,27+,28-/m1/s1. The summed E-state index contributed by atoms with van der Waals surface area (Å²) in [6.07, 6.45) is -5.04. The largest absolute Gasteiger partial charge is 0.455 e. The predicted octanol–water partition coefficient (Wildman–Crippen LogP) is 1.15. The Morgan fingerprint density at radius 2 is 1.73 bits per heavy atom. The van der Waals surface area contributed by atoms with Crippen LogP contribution in [0.4, 0.5) is 0 Å². The van der Waals surface area contributed by atoms with Gasteiger partial charge in [0.1, 0.15) is 23.4 Å². The minimum Gasteiger partial charge on any atom is -0.455 e. The van der Waals surface area contributed by atoms with Crippen molar-refractivity contribution in [2.75, 3.05) is 6.61 Å². The zero-order valence-corrected chi connectivity index (χ0v) is 21.9. The van der Waals surface area contributed by atoms with Crippen molar-refractivity contribution >= 4 is 11.8 Å². The van der Waals surface area contributed by atoms with Crippen LogP contribution in [0.1, 0.15) is 57.8 Å². The lowest BCUT2D eigenvalue weighted by Crippen LogP contribution is -2.79. The number of hydrogen-bond donors (Lipinski definition) is 5. The van der Waals surface area contributed by atoms with E-state index in [9.17, 15) is 35.1 Å². The van der Waals surface area contributed by atoms with E-state index in [1.54, 1.807) is 45.0 Å². The summed E-state index contributed by atoms with van der Waals surface area (Å²) in [5.41, 5.74) is -5.84. The average molecular weight is 519 g/mol. The predicted molar refractivity (Wildman–Crippen MR) is 132 cm³/mol. The van der Waals surface area contributed by atoms with Crippen LogP contribution >= 0.6 is 0 Å². The van der Waals surface area contributed by atoms with Crippen LogP contribution in [-0.4, -0.2) is 85.6 Å². The van der Waals surface area contributed by atoms with Crippen LogP contribution in [0.15, 0.2) is 42.0 Å². The molecule has 9 nitrogen and oxygen atoms in total. The first kappa shape index (κ1) is 27.9. The van der Waals surface area contributed by atoms with Gasteiger partial charge in [0.25, 0.3) is 0 Å². The maximum absolute atomic E-state index is 13.5. The molecule has 1 aliphatic heterocycles. The van der Waals surface area contributed by atoms with Gasteiger partial charge >= 0.3 is 5.97 Å². The second-order valence-corrected chi connectivity index (χ2v) is 11.8. The van der Waals surface area contributed by atoms with Crippen molar-refractivity contribution in [3.8, 4) is 0 Å². The maximum Gasteiger partial charge on any atom is 0.338 e. The van der Waals surface area contributed by atoms with E-state index in [2.05, 4.69) is 0 Å². The van der Waals surface area contributed by atoms with Gasteiger partial charge in [0.15, 0.2) is 5.78 Å². The summed E-state index contributed by atoms with van der Waals surface area (Å²) in [6, 6.07) is 8.10. The third kappa shape index (κ3) is 4.16. The third-order valence-electron chi connectivity index (χ3n) is 9.05. The van der Waals surface area contributed by atoms with Gasteiger partial charge in [0, 0.05) is 24.2 Å². The van der Waals surface area contributed by atoms with Crippen molar-refractivity contribution in [3.05, 3.63) is 47.5 Å². The Kier molecular flexibility index (Phi) is 6.97. The molecule has 9 atom stereocenters. The van der Waals surface area contributed by atoms with Crippen LogP contribution in [0.25, 0.3) is 0 Å². The molecule has 1 aromatic carbocycles. The SMILES string of the molecule is CC1=CC(C)(C)[C@](O)(C(OC(=O)c2ccccc2)C2[C@]3(O)CO[C@@H]3C[C@H](O)[C@@]2(C)C(=O)[C@@H](C)O)C[C@@H]1O. The van der Waals surface area contributed by atoms with Crippen LogP contribution in [-0.2, 0) is 14.3 Å². The minimum absolute atomic E-state index is 0.0786. The summed E-state index contributed by atoms with van der Waals surface area (Å²) < 4.78 is 11.6. The van der Waals surface area contributed by atoms with Crippen molar-refractivity contribution in [2.24, 2.45) is 16.7 Å². The van der Waals surface area contributed by atoms with E-state index in [1.807, 2.05) is 0 Å². The normalized spacial score (nSPS) is 40.4. The molecule has 0 spiro atoms. The summed E-state index contributed by atoms with van der Waals surface area (Å²) in [5.74, 6) is -2.93. The number of carbonyl (C=O) groups excluding carboxylic acids is 2. The number of aliphatic hydroxyl groups excluding tert-OH is 3. The zero-order valence-electron chi connectivity index (χ0n) is 21.9. The van der Waals surface area contributed by atoms with Gasteiger partial charge in [0.05, 0.1) is 35.9 Å². The highest BCUT2D eigenvalue weighted by Crippen LogP contribution is 2.59. The number of aliphatic hydroxyl groups is 5. The molecular formula is C28H38O9. The maximum atomic E-state index is 13.5. The van der Waals surface area contributed by atoms with Crippen LogP contribution in [0.5, 0.6) is 0 Å². The van der Waals surface area contributed by atoms with Gasteiger partial charge in [-0.1, -0.05) is 38.1 Å². The molecule has 0 bridgehead atoms. The number of Topliss-reactive ketones (excluding diaryl/α,β-unsaturated/α-hetero) is 1. The number of carbonyl (C=O) groups is 2. The van der Waals surface area contributed by atoms with Gasteiger partial charge in [-0.15, -0.1) is 0 Å². The fraction of sp³-hybridized carbons (Fsp3) is 0.643. The molecule has 0 radical (unpaired) electrons. The molecule has 37 heavy (non-hydrogen) atoms. The summed E-state index contributed by atoms with van der Waals surface area (Å²) >= 11 is 0. The Labute approximate surface area is 216 Å². The number of rotatable bonds is 6. The first-order valence-corrected chi connectivity index (χ1v) is 12.7. The van der Waals surface area contributed by atoms with E-state index in [0.29, 0.717) is 5.57 Å². The summed E-state index contributed by atoms with van der Waals surface area (Å²) in [4.78, 5) is 27.0. The number of ether oxygens (including phenoxy) is 2. The Bertz CT molecular complexity index is 1080. The van der Waals surface area contributed by atoms with Crippen molar-refractivity contribution in [1.82, 2.24) is 0 Å². The highest BCUT2D eigenvalue weighted by Gasteiger charge is 2.73. The van der Waals surface area contributed by atoms with E-state index >= 15 is 0 Å². The van der Waals surface area contributed by atoms with Crippen LogP contribution in [0, 0.1) is 16.7 Å². The van der Waals surface area contributed by atoms with Gasteiger partial charge in [-0.3, -0.25) is 4.79 Å². The van der Waals surface area contributed by atoms with E-state index in [1.165, 1.54) is 26.0 Å². The molecule has 1 saturated heterocycles. The molecule has 1 heterocycles. The smallest absolute Gasteiger partial charge is 0.338 e. The van der Waals surface area contributed by atoms with Crippen molar-refractivity contribution in [2.45, 2.75) is 89.2 Å². The van der Waals surface area contributed by atoms with E-state index in [-0.39, 0.29) is 25.0 Å². The summed E-state index contributed by atoms with van der Waals surface area (Å²) in [6.45, 7) is 7.64. The lowest BCUT2D eigenvalue weighted by Gasteiger charge is -2.64. The summed E-state index contributed by atoms with van der Waals surface area (Å²) in [5, 5.41) is 56.7. The molecule has 2 aliphatic carbocycles. The Balaban J connectivity index is 1.94. The Hall–Kier alpha value is -2.14. The second-order valence-electron chi connectivity index (χ2n) is 11.8. The van der Waals surface area contributed by atoms with Crippen LogP contribution in [0.3, 0.4) is 0 Å². The van der Waals surface area contributed by atoms with E-state index in [4.69, 9.17) is 9.47 Å². The molecule has 9 heteroatoms. The number of hydrogen-bond acceptors (Lipinski definition) is 9. The van der Waals surface area contributed by atoms with Gasteiger partial charge in [-0.25, -0.2) is 4.79 Å². The number of fused-ring (bicyclic) bond motifs is 1. The highest BCUT2D eigenvalue weighted by atomic mass is 16.6. The second kappa shape index (κ2) is 9.25. The molecule has 1 saturated carbocycles. The van der Waals surface area contributed by atoms with Crippen molar-refractivity contribution in [1.29, 1.82) is 0 Å². The van der Waals surface area contributed by atoms with E-state index < -0.39 is 70.2 Å². The van der Waals surface area contributed by atoms with Crippen molar-refractivity contribution in [3.63, 3.8) is 0 Å².